The summed E-state index contributed by atoms with van der Waals surface area (Å²) >= 11 is 0. The van der Waals surface area contributed by atoms with Gasteiger partial charge in [-0.25, -0.2) is 4.18 Å². The molecule has 0 radical (unpaired) electrons. The molecule has 0 heterocycles. The van der Waals surface area contributed by atoms with Gasteiger partial charge in [0.2, 0.25) is 0 Å². The molecular formula is C12H27NaO6S. The second-order valence-corrected chi connectivity index (χ2v) is 5.33. The van der Waals surface area contributed by atoms with E-state index in [9.17, 15) is 8.42 Å². The van der Waals surface area contributed by atoms with Gasteiger partial charge in [-0.15, -0.1) is 0 Å². The van der Waals surface area contributed by atoms with E-state index in [0.29, 0.717) is 26.2 Å². The summed E-state index contributed by atoms with van der Waals surface area (Å²) in [6.07, 6.45) is 6.51. The van der Waals surface area contributed by atoms with Crippen LogP contribution >= 0.6 is 0 Å². The Balaban J connectivity index is -0.00000162. The van der Waals surface area contributed by atoms with E-state index in [1.54, 1.807) is 0 Å². The van der Waals surface area contributed by atoms with Crippen LogP contribution in [0.2, 0.25) is 0 Å². The smallest absolute Gasteiger partial charge is 1.00 e. The predicted octanol–water partition coefficient (Wildman–Crippen LogP) is -0.684. The fourth-order valence-corrected chi connectivity index (χ4v) is 1.78. The molecule has 0 saturated carbocycles. The monoisotopic (exact) mass is 322 g/mol. The molecule has 0 fully saturated rings. The van der Waals surface area contributed by atoms with Gasteiger partial charge in [0, 0.05) is 13.2 Å². The molecule has 0 spiro atoms. The van der Waals surface area contributed by atoms with E-state index in [-0.39, 0.29) is 37.6 Å². The number of hydrogen-bond acceptors (Lipinski definition) is 5. The summed E-state index contributed by atoms with van der Waals surface area (Å²) < 4.78 is 43.4. The van der Waals surface area contributed by atoms with Gasteiger partial charge in [0.15, 0.2) is 0 Å². The van der Waals surface area contributed by atoms with Gasteiger partial charge in [-0.3, -0.25) is 4.55 Å². The molecule has 8 heteroatoms. The summed E-state index contributed by atoms with van der Waals surface area (Å²) in [6.45, 7) is 4.30. The molecule has 0 aromatic heterocycles. The van der Waals surface area contributed by atoms with Crippen LogP contribution < -0.4 is 29.6 Å². The normalized spacial score (nSPS) is 11.3. The standard InChI is InChI=1S/C12H26O6S.Na.H/c1-2-3-4-5-6-8-16-11-12-17-9-7-10-18-19(13,14)15;;/h2-12H2,1H3,(H,13,14,15);;/q;+1;-1. The fourth-order valence-electron chi connectivity index (χ4n) is 1.45. The molecule has 0 unspecified atom stereocenters. The van der Waals surface area contributed by atoms with Crippen LogP contribution in [0.4, 0.5) is 0 Å². The van der Waals surface area contributed by atoms with Gasteiger partial charge in [-0.2, -0.15) is 8.42 Å². The quantitative estimate of drug-likeness (QED) is 0.259. The van der Waals surface area contributed by atoms with Crippen molar-refractivity contribution in [3.63, 3.8) is 0 Å². The van der Waals surface area contributed by atoms with Gasteiger partial charge >= 0.3 is 40.0 Å². The van der Waals surface area contributed by atoms with Crippen molar-refractivity contribution in [2.45, 2.75) is 45.4 Å². The third-order valence-electron chi connectivity index (χ3n) is 2.43. The van der Waals surface area contributed by atoms with Gasteiger partial charge in [0.1, 0.15) is 0 Å². The van der Waals surface area contributed by atoms with E-state index in [0.717, 1.165) is 13.0 Å². The molecule has 118 valence electrons. The van der Waals surface area contributed by atoms with Gasteiger partial charge in [-0.05, 0) is 12.8 Å². The molecule has 0 aliphatic heterocycles. The van der Waals surface area contributed by atoms with Gasteiger partial charge < -0.3 is 10.9 Å². The molecule has 0 aliphatic rings. The Morgan fingerprint density at radius 3 is 1.95 bits per heavy atom. The predicted molar refractivity (Wildman–Crippen MR) is 73.6 cm³/mol. The van der Waals surface area contributed by atoms with Crippen LogP contribution in [0, 0.1) is 0 Å². The van der Waals surface area contributed by atoms with Gasteiger partial charge in [-0.1, -0.05) is 32.6 Å². The van der Waals surface area contributed by atoms with Crippen molar-refractivity contribution in [3.05, 3.63) is 0 Å². The Hall–Kier alpha value is 0.790. The Morgan fingerprint density at radius 2 is 1.40 bits per heavy atom. The molecule has 0 aliphatic carbocycles. The number of unbranched alkanes of at least 4 members (excludes halogenated alkanes) is 4. The van der Waals surface area contributed by atoms with E-state index in [1.165, 1.54) is 25.7 Å². The van der Waals surface area contributed by atoms with Crippen LogP contribution in [-0.2, 0) is 24.1 Å². The zero-order chi connectivity index (χ0) is 14.4. The second kappa shape index (κ2) is 16.2. The van der Waals surface area contributed by atoms with E-state index in [4.69, 9.17) is 14.0 Å². The average molecular weight is 322 g/mol. The number of rotatable bonds is 14. The zero-order valence-corrected chi connectivity index (χ0v) is 15.5. The topological polar surface area (TPSA) is 82.1 Å². The second-order valence-electron chi connectivity index (χ2n) is 4.24. The number of ether oxygens (including phenoxy) is 2. The molecule has 0 aromatic rings. The van der Waals surface area contributed by atoms with Crippen molar-refractivity contribution in [2.75, 3.05) is 33.0 Å². The Labute approximate surface area is 146 Å². The first-order chi connectivity index (χ1) is 9.06. The van der Waals surface area contributed by atoms with Crippen LogP contribution in [0.5, 0.6) is 0 Å². The molecule has 0 rings (SSSR count). The minimum Gasteiger partial charge on any atom is -1.00 e. The fraction of sp³-hybridized carbons (Fsp3) is 1.00. The summed E-state index contributed by atoms with van der Waals surface area (Å²) in [6, 6.07) is 0. The zero-order valence-electron chi connectivity index (χ0n) is 13.7. The first-order valence-electron chi connectivity index (χ1n) is 6.83. The van der Waals surface area contributed by atoms with Gasteiger partial charge in [0.25, 0.3) is 0 Å². The van der Waals surface area contributed by atoms with Crippen molar-refractivity contribution in [2.24, 2.45) is 0 Å². The molecule has 0 saturated heterocycles. The van der Waals surface area contributed by atoms with Crippen LogP contribution in [0.1, 0.15) is 46.9 Å². The summed E-state index contributed by atoms with van der Waals surface area (Å²) in [4.78, 5) is 0. The van der Waals surface area contributed by atoms with Crippen LogP contribution in [0.15, 0.2) is 0 Å². The van der Waals surface area contributed by atoms with Crippen molar-refractivity contribution in [1.82, 2.24) is 0 Å². The molecule has 0 bridgehead atoms. The molecule has 6 nitrogen and oxygen atoms in total. The van der Waals surface area contributed by atoms with Crippen LogP contribution in [0.25, 0.3) is 0 Å². The maximum absolute atomic E-state index is 10.2. The average Bonchev–Trinajstić information content (AvgIpc) is 2.34. The summed E-state index contributed by atoms with van der Waals surface area (Å²) in [7, 11) is -4.32. The summed E-state index contributed by atoms with van der Waals surface area (Å²) in [5.41, 5.74) is 0. The van der Waals surface area contributed by atoms with E-state index in [2.05, 4.69) is 11.1 Å². The molecular weight excluding hydrogens is 295 g/mol. The maximum atomic E-state index is 10.2. The minimum absolute atomic E-state index is 0. The molecule has 0 amide bonds. The van der Waals surface area contributed by atoms with E-state index >= 15 is 0 Å². The third-order valence-corrected chi connectivity index (χ3v) is 2.89. The Kier molecular flexibility index (Phi) is 18.6. The molecule has 1 N–H and O–H groups in total. The third kappa shape index (κ3) is 21.1. The Bertz CT molecular complexity index is 289. The maximum Gasteiger partial charge on any atom is 1.00 e. The van der Waals surface area contributed by atoms with Crippen molar-refractivity contribution < 1.29 is 57.6 Å². The largest absolute Gasteiger partial charge is 1.00 e. The molecule has 20 heavy (non-hydrogen) atoms. The van der Waals surface area contributed by atoms with Crippen molar-refractivity contribution in [3.8, 4) is 0 Å². The minimum atomic E-state index is -4.32. The summed E-state index contributed by atoms with van der Waals surface area (Å²) in [5, 5.41) is 0. The molecule has 0 aromatic carbocycles. The first-order valence-corrected chi connectivity index (χ1v) is 8.20. The molecule has 0 atom stereocenters. The van der Waals surface area contributed by atoms with Crippen LogP contribution in [0.3, 0.4) is 0 Å². The SMILES string of the molecule is CCCCCCCOCCOCCCOS(=O)(=O)O.[H-].[Na+]. The van der Waals surface area contributed by atoms with E-state index < -0.39 is 10.4 Å². The first kappa shape index (κ1) is 23.1. The van der Waals surface area contributed by atoms with Crippen LogP contribution in [-0.4, -0.2) is 46.0 Å². The van der Waals surface area contributed by atoms with Gasteiger partial charge in [0.05, 0.1) is 19.8 Å². The Morgan fingerprint density at radius 1 is 0.850 bits per heavy atom. The van der Waals surface area contributed by atoms with E-state index in [1.807, 2.05) is 0 Å². The summed E-state index contributed by atoms with van der Waals surface area (Å²) in [5.74, 6) is 0. The van der Waals surface area contributed by atoms with Crippen molar-refractivity contribution in [1.29, 1.82) is 0 Å². The number of hydrogen-bond donors (Lipinski definition) is 1. The van der Waals surface area contributed by atoms with Crippen molar-refractivity contribution >= 4 is 10.4 Å².